The monoisotopic (exact) mass is 329 g/mol. The minimum absolute atomic E-state index is 0.0725. The van der Waals surface area contributed by atoms with E-state index < -0.39 is 0 Å². The summed E-state index contributed by atoms with van der Waals surface area (Å²) in [6, 6.07) is 10.2. The van der Waals surface area contributed by atoms with E-state index in [-0.39, 0.29) is 11.7 Å². The summed E-state index contributed by atoms with van der Waals surface area (Å²) in [6.45, 7) is 3.81. The molecule has 1 aromatic carbocycles. The molecule has 23 heavy (non-hydrogen) atoms. The number of amides is 1. The van der Waals surface area contributed by atoms with Crippen molar-refractivity contribution in [3.8, 4) is 0 Å². The molecule has 1 aliphatic rings. The zero-order chi connectivity index (χ0) is 16.2. The Balaban J connectivity index is 1.92. The summed E-state index contributed by atoms with van der Waals surface area (Å²) >= 11 is 1.56. The second-order valence-corrected chi connectivity index (χ2v) is 7.03. The van der Waals surface area contributed by atoms with Gasteiger partial charge in [0, 0.05) is 18.0 Å². The predicted octanol–water partition coefficient (Wildman–Crippen LogP) is 4.69. The van der Waals surface area contributed by atoms with E-state index in [1.807, 2.05) is 28.5 Å². The molecule has 1 fully saturated rings. The van der Waals surface area contributed by atoms with Gasteiger partial charge in [-0.05, 0) is 54.0 Å². The number of piperidine rings is 1. The van der Waals surface area contributed by atoms with Gasteiger partial charge in [0.1, 0.15) is 5.82 Å². The molecule has 0 N–H and O–H groups in total. The molecule has 0 unspecified atom stereocenters. The Morgan fingerprint density at radius 2 is 2.09 bits per heavy atom. The van der Waals surface area contributed by atoms with Crippen LogP contribution in [0.4, 0.5) is 4.39 Å². The summed E-state index contributed by atoms with van der Waals surface area (Å²) in [6.07, 6.45) is 4.11. The Morgan fingerprint density at radius 1 is 1.30 bits per heavy atom. The maximum atomic E-state index is 13.1. The maximum Gasteiger partial charge on any atom is 0.255 e. The highest BCUT2D eigenvalue weighted by Crippen LogP contribution is 2.27. The van der Waals surface area contributed by atoms with Crippen molar-refractivity contribution in [1.29, 1.82) is 0 Å². The van der Waals surface area contributed by atoms with E-state index in [4.69, 9.17) is 0 Å². The average molecular weight is 329 g/mol. The summed E-state index contributed by atoms with van der Waals surface area (Å²) in [7, 11) is 0. The Bertz CT molecular complexity index is 691. The summed E-state index contributed by atoms with van der Waals surface area (Å²) < 4.78 is 13.1. The van der Waals surface area contributed by atoms with E-state index in [9.17, 15) is 9.18 Å². The fraction of sp³-hybridized carbons (Fsp3) is 0.316. The van der Waals surface area contributed by atoms with Crippen LogP contribution in [0.1, 0.15) is 30.2 Å². The largest absolute Gasteiger partial charge is 0.338 e. The van der Waals surface area contributed by atoms with Crippen molar-refractivity contribution in [1.82, 2.24) is 4.90 Å². The zero-order valence-electron chi connectivity index (χ0n) is 13.2. The Kier molecular flexibility index (Phi) is 4.91. The van der Waals surface area contributed by atoms with Crippen molar-refractivity contribution in [2.75, 3.05) is 13.1 Å². The molecule has 1 aliphatic heterocycles. The van der Waals surface area contributed by atoms with Crippen LogP contribution in [0.15, 0.2) is 41.8 Å². The molecule has 0 bridgehead atoms. The van der Waals surface area contributed by atoms with Gasteiger partial charge in [0.25, 0.3) is 5.91 Å². The number of hydrogen-bond donors (Lipinski definition) is 0. The topological polar surface area (TPSA) is 20.3 Å². The van der Waals surface area contributed by atoms with Gasteiger partial charge in [-0.1, -0.05) is 25.1 Å². The number of benzene rings is 1. The zero-order valence-corrected chi connectivity index (χ0v) is 14.0. The van der Waals surface area contributed by atoms with E-state index >= 15 is 0 Å². The van der Waals surface area contributed by atoms with Gasteiger partial charge < -0.3 is 4.90 Å². The van der Waals surface area contributed by atoms with E-state index in [0.717, 1.165) is 30.0 Å². The first kappa shape index (κ1) is 15.9. The lowest BCUT2D eigenvalue weighted by atomic mass is 9.99. The first-order chi connectivity index (χ1) is 11.1. The SMILES string of the molecule is C[C@H]1CCCN(C(=O)/C(=C\c2ccc(F)cc2)c2cccs2)C1. The van der Waals surface area contributed by atoms with Crippen LogP contribution in [-0.2, 0) is 4.79 Å². The fourth-order valence-electron chi connectivity index (χ4n) is 2.94. The minimum Gasteiger partial charge on any atom is -0.338 e. The van der Waals surface area contributed by atoms with Crippen LogP contribution in [0.5, 0.6) is 0 Å². The molecular formula is C19H20FNOS. The number of carbonyl (C=O) groups is 1. The maximum absolute atomic E-state index is 13.1. The van der Waals surface area contributed by atoms with Crippen LogP contribution in [0.3, 0.4) is 0 Å². The molecule has 1 saturated heterocycles. The number of hydrogen-bond acceptors (Lipinski definition) is 2. The molecular weight excluding hydrogens is 309 g/mol. The van der Waals surface area contributed by atoms with Gasteiger partial charge in [-0.15, -0.1) is 11.3 Å². The molecule has 0 aliphatic carbocycles. The highest BCUT2D eigenvalue weighted by Gasteiger charge is 2.24. The molecule has 1 atom stereocenters. The number of likely N-dealkylation sites (tertiary alicyclic amines) is 1. The number of thiophene rings is 1. The fourth-order valence-corrected chi connectivity index (χ4v) is 3.67. The second kappa shape index (κ2) is 7.09. The Hall–Kier alpha value is -1.94. The number of rotatable bonds is 3. The lowest BCUT2D eigenvalue weighted by molar-refractivity contribution is -0.126. The standard InChI is InChI=1S/C19H20FNOS/c1-14-4-2-10-21(13-14)19(22)17(18-5-3-11-23-18)12-15-6-8-16(20)9-7-15/h3,5-9,11-12,14H,2,4,10,13H2,1H3/b17-12-/t14-/m0/s1. The van der Waals surface area contributed by atoms with Crippen LogP contribution in [0, 0.1) is 11.7 Å². The third kappa shape index (κ3) is 3.88. The van der Waals surface area contributed by atoms with Crippen molar-refractivity contribution in [3.63, 3.8) is 0 Å². The summed E-state index contributed by atoms with van der Waals surface area (Å²) in [5.74, 6) is 0.349. The summed E-state index contributed by atoms with van der Waals surface area (Å²) in [4.78, 5) is 15.9. The first-order valence-corrected chi connectivity index (χ1v) is 8.82. The highest BCUT2D eigenvalue weighted by atomic mass is 32.1. The van der Waals surface area contributed by atoms with Gasteiger partial charge in [0.2, 0.25) is 0 Å². The lowest BCUT2D eigenvalue weighted by Crippen LogP contribution is -2.39. The molecule has 120 valence electrons. The highest BCUT2D eigenvalue weighted by molar-refractivity contribution is 7.11. The Morgan fingerprint density at radius 3 is 2.74 bits per heavy atom. The summed E-state index contributed by atoms with van der Waals surface area (Å²) in [5, 5.41) is 1.97. The number of halogens is 1. The molecule has 0 radical (unpaired) electrons. The van der Waals surface area contributed by atoms with Gasteiger partial charge in [0.15, 0.2) is 0 Å². The molecule has 1 amide bonds. The van der Waals surface area contributed by atoms with E-state index in [0.29, 0.717) is 11.5 Å². The Labute approximate surface area is 140 Å². The van der Waals surface area contributed by atoms with Crippen LogP contribution in [0.2, 0.25) is 0 Å². The van der Waals surface area contributed by atoms with Crippen LogP contribution < -0.4 is 0 Å². The summed E-state index contributed by atoms with van der Waals surface area (Å²) in [5.41, 5.74) is 1.54. The third-order valence-electron chi connectivity index (χ3n) is 4.14. The predicted molar refractivity (Wildman–Crippen MR) is 93.6 cm³/mol. The quantitative estimate of drug-likeness (QED) is 0.748. The molecule has 2 nitrogen and oxygen atoms in total. The molecule has 2 aromatic rings. The van der Waals surface area contributed by atoms with Gasteiger partial charge >= 0.3 is 0 Å². The smallest absolute Gasteiger partial charge is 0.255 e. The molecule has 0 saturated carbocycles. The average Bonchev–Trinajstić information content (AvgIpc) is 3.08. The second-order valence-electron chi connectivity index (χ2n) is 6.09. The lowest BCUT2D eigenvalue weighted by Gasteiger charge is -2.31. The van der Waals surface area contributed by atoms with E-state index in [1.165, 1.54) is 18.6 Å². The van der Waals surface area contributed by atoms with Crippen molar-refractivity contribution >= 4 is 28.9 Å². The van der Waals surface area contributed by atoms with Gasteiger partial charge in [-0.3, -0.25) is 4.79 Å². The van der Waals surface area contributed by atoms with Crippen LogP contribution >= 0.6 is 11.3 Å². The van der Waals surface area contributed by atoms with Gasteiger partial charge in [0.05, 0.1) is 5.57 Å². The molecule has 3 rings (SSSR count). The number of nitrogens with zero attached hydrogens (tertiary/aromatic N) is 1. The van der Waals surface area contributed by atoms with Crippen molar-refractivity contribution in [3.05, 3.63) is 58.0 Å². The van der Waals surface area contributed by atoms with Gasteiger partial charge in [-0.2, -0.15) is 0 Å². The van der Waals surface area contributed by atoms with Crippen molar-refractivity contribution in [2.45, 2.75) is 19.8 Å². The van der Waals surface area contributed by atoms with Crippen LogP contribution in [-0.4, -0.2) is 23.9 Å². The third-order valence-corrected chi connectivity index (χ3v) is 5.05. The van der Waals surface area contributed by atoms with E-state index in [1.54, 1.807) is 23.5 Å². The number of carbonyl (C=O) groups excluding carboxylic acids is 1. The molecule has 0 spiro atoms. The minimum atomic E-state index is -0.268. The molecule has 1 aromatic heterocycles. The van der Waals surface area contributed by atoms with Crippen molar-refractivity contribution < 1.29 is 9.18 Å². The molecule has 4 heteroatoms. The molecule has 2 heterocycles. The van der Waals surface area contributed by atoms with Gasteiger partial charge in [-0.25, -0.2) is 4.39 Å². The normalized spacial score (nSPS) is 19.0. The van der Waals surface area contributed by atoms with Crippen LogP contribution in [0.25, 0.3) is 11.6 Å². The van der Waals surface area contributed by atoms with E-state index in [2.05, 4.69) is 6.92 Å². The first-order valence-electron chi connectivity index (χ1n) is 7.94. The van der Waals surface area contributed by atoms with Crippen molar-refractivity contribution in [2.24, 2.45) is 5.92 Å².